The van der Waals surface area contributed by atoms with Gasteiger partial charge in [0.05, 0.1) is 36.0 Å². The minimum atomic E-state index is -1.26. The fraction of sp³-hybridized carbons (Fsp3) is 0.333. The van der Waals surface area contributed by atoms with Crippen LogP contribution in [0, 0.1) is 0 Å². The van der Waals surface area contributed by atoms with Crippen LogP contribution in [0.3, 0.4) is 0 Å². The van der Waals surface area contributed by atoms with Gasteiger partial charge in [-0.2, -0.15) is 0 Å². The fourth-order valence-corrected chi connectivity index (χ4v) is 2.23. The van der Waals surface area contributed by atoms with Crippen LogP contribution in [-0.2, 0) is 0 Å². The number of aliphatic hydroxyl groups is 2. The second-order valence-electron chi connectivity index (χ2n) is 4.44. The first kappa shape index (κ1) is 14.6. The van der Waals surface area contributed by atoms with E-state index in [2.05, 4.69) is 5.32 Å². The highest BCUT2D eigenvalue weighted by Crippen LogP contribution is 2.25. The molecular weight excluding hydrogens is 288 g/mol. The summed E-state index contributed by atoms with van der Waals surface area (Å²) < 4.78 is 0. The number of hydrogen-bond acceptors (Lipinski definition) is 4. The number of nitrogens with one attached hydrogen (secondary N) is 1. The lowest BCUT2D eigenvalue weighted by molar-refractivity contribution is 0.0572. The third-order valence-electron chi connectivity index (χ3n) is 3.02. The summed E-state index contributed by atoms with van der Waals surface area (Å²) >= 11 is 5.79. The molecule has 0 saturated carbocycles. The Kier molecular flexibility index (Phi) is 4.12. The number of carbonyl (C=O) groups is 2. The molecule has 1 aromatic carbocycles. The lowest BCUT2D eigenvalue weighted by Gasteiger charge is -2.17. The predicted octanol–water partition coefficient (Wildman–Crippen LogP) is 0.607. The number of benzene rings is 1. The van der Waals surface area contributed by atoms with Gasteiger partial charge in [0.25, 0.3) is 0 Å². The van der Waals surface area contributed by atoms with E-state index in [9.17, 15) is 19.8 Å². The number of likely N-dealkylation sites (tertiary alicyclic amines) is 1. The summed E-state index contributed by atoms with van der Waals surface area (Å²) in [6.45, 7) is -0.0358. The van der Waals surface area contributed by atoms with E-state index in [0.29, 0.717) is 0 Å². The summed E-state index contributed by atoms with van der Waals surface area (Å²) in [7, 11) is 0. The van der Waals surface area contributed by atoms with Gasteiger partial charge in [-0.1, -0.05) is 17.7 Å². The first-order chi connectivity index (χ1) is 9.40. The number of halogens is 1. The maximum atomic E-state index is 11.9. The molecule has 0 aliphatic carbocycles. The number of urea groups is 1. The van der Waals surface area contributed by atoms with Crippen molar-refractivity contribution in [2.75, 3.05) is 18.4 Å². The molecule has 0 bridgehead atoms. The van der Waals surface area contributed by atoms with Crippen LogP contribution < -0.4 is 5.32 Å². The van der Waals surface area contributed by atoms with Crippen LogP contribution in [0.4, 0.5) is 10.5 Å². The molecule has 2 rings (SSSR count). The van der Waals surface area contributed by atoms with Gasteiger partial charge in [-0.05, 0) is 12.1 Å². The van der Waals surface area contributed by atoms with E-state index in [1.807, 2.05) is 0 Å². The van der Waals surface area contributed by atoms with Crippen LogP contribution in [0.1, 0.15) is 10.4 Å². The topological polar surface area (TPSA) is 110 Å². The number of β-amino-alcohol motifs (C(OH)–C–C–N with tert-alkyl or cyclic N) is 2. The molecule has 0 spiro atoms. The Morgan fingerprint density at radius 2 is 1.85 bits per heavy atom. The average molecular weight is 301 g/mol. The second-order valence-corrected chi connectivity index (χ2v) is 4.84. The van der Waals surface area contributed by atoms with Gasteiger partial charge < -0.3 is 25.5 Å². The largest absolute Gasteiger partial charge is 0.478 e. The second kappa shape index (κ2) is 5.66. The highest BCUT2D eigenvalue weighted by molar-refractivity contribution is 6.34. The lowest BCUT2D eigenvalue weighted by Crippen LogP contribution is -2.34. The zero-order chi connectivity index (χ0) is 14.9. The normalized spacial score (nSPS) is 21.9. The van der Waals surface area contributed by atoms with Gasteiger partial charge in [-0.3, -0.25) is 0 Å². The monoisotopic (exact) mass is 300 g/mol. The summed E-state index contributed by atoms with van der Waals surface area (Å²) in [5.41, 5.74) is -0.145. The number of anilines is 1. The van der Waals surface area contributed by atoms with Crippen LogP contribution in [0.15, 0.2) is 18.2 Å². The molecule has 1 aliphatic heterocycles. The number of carbonyl (C=O) groups excluding carboxylic acids is 1. The molecule has 0 radical (unpaired) electrons. The Morgan fingerprint density at radius 3 is 2.40 bits per heavy atom. The maximum absolute atomic E-state index is 11.9. The molecule has 7 nitrogen and oxygen atoms in total. The first-order valence-electron chi connectivity index (χ1n) is 5.84. The third-order valence-corrected chi connectivity index (χ3v) is 3.33. The van der Waals surface area contributed by atoms with Crippen molar-refractivity contribution in [1.29, 1.82) is 0 Å². The van der Waals surface area contributed by atoms with E-state index in [1.165, 1.54) is 23.1 Å². The zero-order valence-electron chi connectivity index (χ0n) is 10.3. The van der Waals surface area contributed by atoms with Crippen LogP contribution in [0.2, 0.25) is 5.02 Å². The quantitative estimate of drug-likeness (QED) is 0.639. The molecule has 0 aromatic heterocycles. The van der Waals surface area contributed by atoms with Gasteiger partial charge in [0.15, 0.2) is 0 Å². The third kappa shape index (κ3) is 2.84. The highest BCUT2D eigenvalue weighted by Gasteiger charge is 2.33. The Hall–Kier alpha value is -1.83. The lowest BCUT2D eigenvalue weighted by atomic mass is 10.2. The predicted molar refractivity (Wildman–Crippen MR) is 71.0 cm³/mol. The van der Waals surface area contributed by atoms with E-state index < -0.39 is 24.2 Å². The van der Waals surface area contributed by atoms with Crippen LogP contribution in [-0.4, -0.2) is 57.5 Å². The molecule has 2 unspecified atom stereocenters. The molecule has 1 heterocycles. The molecule has 2 amide bonds. The number of aliphatic hydroxyl groups excluding tert-OH is 2. The Bertz CT molecular complexity index is 541. The molecule has 1 aliphatic rings. The van der Waals surface area contributed by atoms with Crippen molar-refractivity contribution < 1.29 is 24.9 Å². The minimum Gasteiger partial charge on any atom is -0.478 e. The van der Waals surface area contributed by atoms with Crippen molar-refractivity contribution in [3.63, 3.8) is 0 Å². The molecule has 1 aromatic rings. The number of nitrogens with zero attached hydrogens (tertiary/aromatic N) is 1. The van der Waals surface area contributed by atoms with Crippen molar-refractivity contribution >= 4 is 29.3 Å². The van der Waals surface area contributed by atoms with Gasteiger partial charge in [0.1, 0.15) is 5.56 Å². The number of rotatable bonds is 2. The molecular formula is C12H13ClN2O5. The number of hydrogen-bond donors (Lipinski definition) is 4. The van der Waals surface area contributed by atoms with Crippen LogP contribution in [0.5, 0.6) is 0 Å². The Labute approximate surface area is 119 Å². The summed E-state index contributed by atoms with van der Waals surface area (Å²) in [6, 6.07) is 3.73. The van der Waals surface area contributed by atoms with Crippen LogP contribution in [0.25, 0.3) is 0 Å². The number of amides is 2. The van der Waals surface area contributed by atoms with Crippen LogP contribution >= 0.6 is 11.6 Å². The Morgan fingerprint density at radius 1 is 1.25 bits per heavy atom. The minimum absolute atomic E-state index is 0.0109. The average Bonchev–Trinajstić information content (AvgIpc) is 2.69. The fourth-order valence-electron chi connectivity index (χ4n) is 1.98. The summed E-state index contributed by atoms with van der Waals surface area (Å²) in [5, 5.41) is 30.3. The molecule has 4 N–H and O–H groups in total. The highest BCUT2D eigenvalue weighted by atomic mass is 35.5. The van der Waals surface area contributed by atoms with E-state index in [1.54, 1.807) is 0 Å². The zero-order valence-corrected chi connectivity index (χ0v) is 11.0. The standard InChI is InChI=1S/C12H13ClN2O5/c13-6-2-1-3-7(10(6)11(18)19)14-12(20)15-4-8(16)9(17)5-15/h1-3,8-9,16-17H,4-5H2,(H,14,20)(H,18,19). The molecule has 8 heteroatoms. The first-order valence-corrected chi connectivity index (χ1v) is 6.22. The van der Waals surface area contributed by atoms with Crippen molar-refractivity contribution in [2.45, 2.75) is 12.2 Å². The van der Waals surface area contributed by atoms with Gasteiger partial charge >= 0.3 is 12.0 Å². The van der Waals surface area contributed by atoms with E-state index in [0.717, 1.165) is 0 Å². The molecule has 2 atom stereocenters. The van der Waals surface area contributed by atoms with Crippen molar-refractivity contribution in [2.24, 2.45) is 0 Å². The number of carboxylic acids is 1. The molecule has 1 saturated heterocycles. The van der Waals surface area contributed by atoms with Gasteiger partial charge in [-0.25, -0.2) is 9.59 Å². The van der Waals surface area contributed by atoms with E-state index >= 15 is 0 Å². The summed E-state index contributed by atoms with van der Waals surface area (Å²) in [4.78, 5) is 24.3. The molecule has 108 valence electrons. The SMILES string of the molecule is O=C(O)c1c(Cl)cccc1NC(=O)N1CC(O)C(O)C1. The molecule has 20 heavy (non-hydrogen) atoms. The van der Waals surface area contributed by atoms with Crippen molar-refractivity contribution in [1.82, 2.24) is 4.90 Å². The Balaban J connectivity index is 2.17. The van der Waals surface area contributed by atoms with Crippen molar-refractivity contribution in [3.05, 3.63) is 28.8 Å². The van der Waals surface area contributed by atoms with Crippen molar-refractivity contribution in [3.8, 4) is 0 Å². The smallest absolute Gasteiger partial charge is 0.339 e. The van der Waals surface area contributed by atoms with E-state index in [4.69, 9.17) is 16.7 Å². The van der Waals surface area contributed by atoms with Gasteiger partial charge in [0, 0.05) is 0 Å². The molecule has 1 fully saturated rings. The van der Waals surface area contributed by atoms with Gasteiger partial charge in [0.2, 0.25) is 0 Å². The van der Waals surface area contributed by atoms with E-state index in [-0.39, 0.29) is 29.4 Å². The van der Waals surface area contributed by atoms with Gasteiger partial charge in [-0.15, -0.1) is 0 Å². The summed E-state index contributed by atoms with van der Waals surface area (Å²) in [6.07, 6.45) is -2.00. The maximum Gasteiger partial charge on any atom is 0.339 e. The number of aromatic carboxylic acids is 1. The summed E-state index contributed by atoms with van der Waals surface area (Å²) in [5.74, 6) is -1.26. The number of carboxylic acid groups (broad SMARTS) is 1.